The summed E-state index contributed by atoms with van der Waals surface area (Å²) in [6, 6.07) is 2.08. The summed E-state index contributed by atoms with van der Waals surface area (Å²) in [6.45, 7) is 4.63. The van der Waals surface area contributed by atoms with Gasteiger partial charge in [0.05, 0.1) is 5.60 Å². The van der Waals surface area contributed by atoms with Gasteiger partial charge in [-0.3, -0.25) is 4.90 Å². The summed E-state index contributed by atoms with van der Waals surface area (Å²) in [6.07, 6.45) is 0.856. The van der Waals surface area contributed by atoms with Crippen molar-refractivity contribution in [1.82, 2.24) is 4.90 Å². The number of likely N-dealkylation sites (tertiary alicyclic amines) is 1. The van der Waals surface area contributed by atoms with Gasteiger partial charge >= 0.3 is 0 Å². The fourth-order valence-electron chi connectivity index (χ4n) is 1.76. The van der Waals surface area contributed by atoms with E-state index in [1.165, 1.54) is 9.35 Å². The smallest absolute Gasteiger partial charge is 0.0897 e. The van der Waals surface area contributed by atoms with E-state index >= 15 is 0 Å². The number of β-amino-alcohol motifs (C(OH)–C–C–N with tert-alkyl or cyclic N) is 1. The van der Waals surface area contributed by atoms with Gasteiger partial charge in [0, 0.05) is 29.0 Å². The Morgan fingerprint density at radius 3 is 2.86 bits per heavy atom. The van der Waals surface area contributed by atoms with E-state index in [-0.39, 0.29) is 0 Å². The lowest BCUT2D eigenvalue weighted by Gasteiger charge is -2.46. The number of nitrogens with zero attached hydrogens (tertiary/aromatic N) is 1. The largest absolute Gasteiger partial charge is 0.387 e. The normalized spacial score (nSPS) is 20.8. The lowest BCUT2D eigenvalue weighted by molar-refractivity contribution is -0.103. The van der Waals surface area contributed by atoms with Crippen LogP contribution in [0.15, 0.2) is 15.9 Å². The Morgan fingerprint density at radius 1 is 1.64 bits per heavy atom. The van der Waals surface area contributed by atoms with Crippen molar-refractivity contribution < 1.29 is 5.11 Å². The Balaban J connectivity index is 1.88. The van der Waals surface area contributed by atoms with Gasteiger partial charge in [0.1, 0.15) is 0 Å². The maximum Gasteiger partial charge on any atom is 0.0897 e. The van der Waals surface area contributed by atoms with Crippen molar-refractivity contribution in [2.24, 2.45) is 0 Å². The first kappa shape index (κ1) is 10.6. The molecule has 0 bridgehead atoms. The van der Waals surface area contributed by atoms with Crippen molar-refractivity contribution >= 4 is 27.3 Å². The van der Waals surface area contributed by atoms with Crippen molar-refractivity contribution in [3.05, 3.63) is 20.8 Å². The van der Waals surface area contributed by atoms with E-state index in [9.17, 15) is 5.11 Å². The summed E-state index contributed by atoms with van der Waals surface area (Å²) in [5, 5.41) is 11.9. The summed E-state index contributed by atoms with van der Waals surface area (Å²) in [5.41, 5.74) is -0.413. The third-order valence-electron chi connectivity index (χ3n) is 2.75. The Labute approximate surface area is 96.7 Å². The molecule has 2 heterocycles. The summed E-state index contributed by atoms with van der Waals surface area (Å²) < 4.78 is 1.19. The minimum absolute atomic E-state index is 0.413. The summed E-state index contributed by atoms with van der Waals surface area (Å²) in [5.74, 6) is 0. The number of halogens is 1. The van der Waals surface area contributed by atoms with Crippen molar-refractivity contribution in [3.8, 4) is 0 Å². The van der Waals surface area contributed by atoms with Gasteiger partial charge in [-0.2, -0.15) is 0 Å². The van der Waals surface area contributed by atoms with Crippen LogP contribution in [0, 0.1) is 0 Å². The Morgan fingerprint density at radius 2 is 2.36 bits per heavy atom. The van der Waals surface area contributed by atoms with E-state index in [4.69, 9.17) is 0 Å². The fourth-order valence-corrected chi connectivity index (χ4v) is 3.28. The van der Waals surface area contributed by atoms with Crippen LogP contribution in [0.25, 0.3) is 0 Å². The highest BCUT2D eigenvalue weighted by molar-refractivity contribution is 9.10. The second-order valence-corrected chi connectivity index (χ2v) is 5.77. The maximum atomic E-state index is 9.84. The van der Waals surface area contributed by atoms with Crippen LogP contribution in [0.2, 0.25) is 0 Å². The molecule has 2 nitrogen and oxygen atoms in total. The van der Waals surface area contributed by atoms with Crippen LogP contribution in [0.1, 0.15) is 18.2 Å². The molecule has 4 heteroatoms. The van der Waals surface area contributed by atoms with Crippen molar-refractivity contribution in [1.29, 1.82) is 0 Å². The second-order valence-electron chi connectivity index (χ2n) is 3.91. The third kappa shape index (κ3) is 2.03. The van der Waals surface area contributed by atoms with Gasteiger partial charge in [-0.15, -0.1) is 11.3 Å². The molecule has 14 heavy (non-hydrogen) atoms. The molecule has 0 unspecified atom stereocenters. The first-order valence-electron chi connectivity index (χ1n) is 4.79. The lowest BCUT2D eigenvalue weighted by Crippen LogP contribution is -2.60. The zero-order valence-corrected chi connectivity index (χ0v) is 10.6. The van der Waals surface area contributed by atoms with E-state index in [1.54, 1.807) is 11.3 Å². The lowest BCUT2D eigenvalue weighted by atomic mass is 9.91. The monoisotopic (exact) mass is 275 g/mol. The highest BCUT2D eigenvalue weighted by Gasteiger charge is 2.39. The topological polar surface area (TPSA) is 23.5 Å². The molecule has 0 aliphatic carbocycles. The number of thiophene rings is 1. The predicted molar refractivity (Wildman–Crippen MR) is 62.5 cm³/mol. The van der Waals surface area contributed by atoms with Crippen LogP contribution in [0.5, 0.6) is 0 Å². The Kier molecular flexibility index (Phi) is 2.98. The molecule has 1 fully saturated rings. The van der Waals surface area contributed by atoms with Gasteiger partial charge < -0.3 is 5.11 Å². The molecular formula is C10H14BrNOS. The first-order chi connectivity index (χ1) is 6.63. The molecule has 0 radical (unpaired) electrons. The minimum Gasteiger partial charge on any atom is -0.387 e. The predicted octanol–water partition coefficient (Wildman–Crippen LogP) is 2.47. The summed E-state index contributed by atoms with van der Waals surface area (Å²) in [7, 11) is 0. The molecule has 0 saturated carbocycles. The average molecular weight is 276 g/mol. The van der Waals surface area contributed by atoms with Gasteiger partial charge in [0.2, 0.25) is 0 Å². The van der Waals surface area contributed by atoms with Gasteiger partial charge in [-0.05, 0) is 33.8 Å². The third-order valence-corrected chi connectivity index (χ3v) is 4.66. The second kappa shape index (κ2) is 3.93. The van der Waals surface area contributed by atoms with Gasteiger partial charge in [-0.1, -0.05) is 6.92 Å². The number of aliphatic hydroxyl groups is 1. The standard InChI is InChI=1S/C10H14BrNOS/c1-2-10(13)6-12(7-10)5-9-8(11)3-4-14-9/h3-4,13H,2,5-7H2,1H3. The molecule has 2 rings (SSSR count). The zero-order valence-electron chi connectivity index (χ0n) is 8.16. The van der Waals surface area contributed by atoms with E-state index in [1.807, 2.05) is 6.92 Å². The molecule has 1 N–H and O–H groups in total. The number of hydrogen-bond acceptors (Lipinski definition) is 3. The SMILES string of the molecule is CCC1(O)CN(Cc2sccc2Br)C1. The summed E-state index contributed by atoms with van der Waals surface area (Å²) in [4.78, 5) is 3.63. The maximum absolute atomic E-state index is 9.84. The zero-order chi connectivity index (χ0) is 10.2. The molecule has 0 amide bonds. The Hall–Kier alpha value is 0.100. The quantitative estimate of drug-likeness (QED) is 0.916. The summed E-state index contributed by atoms with van der Waals surface area (Å²) >= 11 is 5.28. The molecule has 1 aliphatic rings. The molecular weight excluding hydrogens is 262 g/mol. The van der Waals surface area contributed by atoms with Crippen LogP contribution in [0.4, 0.5) is 0 Å². The molecule has 1 aliphatic heterocycles. The number of rotatable bonds is 3. The van der Waals surface area contributed by atoms with Crippen LogP contribution >= 0.6 is 27.3 Å². The van der Waals surface area contributed by atoms with Gasteiger partial charge in [0.25, 0.3) is 0 Å². The van der Waals surface area contributed by atoms with Crippen molar-refractivity contribution in [3.63, 3.8) is 0 Å². The minimum atomic E-state index is -0.413. The van der Waals surface area contributed by atoms with Crippen molar-refractivity contribution in [2.75, 3.05) is 13.1 Å². The van der Waals surface area contributed by atoms with E-state index in [0.717, 1.165) is 26.1 Å². The van der Waals surface area contributed by atoms with E-state index in [2.05, 4.69) is 32.3 Å². The molecule has 1 aromatic rings. The van der Waals surface area contributed by atoms with Crippen LogP contribution in [-0.2, 0) is 6.54 Å². The van der Waals surface area contributed by atoms with E-state index in [0.29, 0.717) is 0 Å². The molecule has 0 aromatic carbocycles. The first-order valence-corrected chi connectivity index (χ1v) is 6.47. The van der Waals surface area contributed by atoms with Crippen LogP contribution in [0.3, 0.4) is 0 Å². The van der Waals surface area contributed by atoms with Gasteiger partial charge in [0.15, 0.2) is 0 Å². The number of hydrogen-bond donors (Lipinski definition) is 1. The van der Waals surface area contributed by atoms with Crippen LogP contribution < -0.4 is 0 Å². The average Bonchev–Trinajstić information content (AvgIpc) is 2.49. The molecule has 0 spiro atoms. The fraction of sp³-hybridized carbons (Fsp3) is 0.600. The Bertz CT molecular complexity index is 320. The van der Waals surface area contributed by atoms with Crippen LogP contribution in [-0.4, -0.2) is 28.7 Å². The highest BCUT2D eigenvalue weighted by atomic mass is 79.9. The molecule has 0 atom stereocenters. The molecule has 1 aromatic heterocycles. The van der Waals surface area contributed by atoms with Crippen molar-refractivity contribution in [2.45, 2.75) is 25.5 Å². The molecule has 78 valence electrons. The molecule has 1 saturated heterocycles. The van der Waals surface area contributed by atoms with Gasteiger partial charge in [-0.25, -0.2) is 0 Å². The van der Waals surface area contributed by atoms with E-state index < -0.39 is 5.60 Å². The highest BCUT2D eigenvalue weighted by Crippen LogP contribution is 2.30.